The molecule has 0 radical (unpaired) electrons. The number of rotatable bonds is 6. The molecule has 0 aromatic heterocycles. The molecular formula is C16H18O4. The molecule has 0 saturated carbocycles. The third-order valence-electron chi connectivity index (χ3n) is 3.03. The van der Waals surface area contributed by atoms with Gasteiger partial charge < -0.3 is 10.2 Å². The van der Waals surface area contributed by atoms with Crippen molar-refractivity contribution in [2.45, 2.75) is 38.0 Å². The molecule has 0 saturated heterocycles. The number of hydrogen-bond acceptors (Lipinski definition) is 2. The highest BCUT2D eigenvalue weighted by atomic mass is 16.4. The second kappa shape index (κ2) is 7.34. The first-order valence-electron chi connectivity index (χ1n) is 6.58. The van der Waals surface area contributed by atoms with E-state index < -0.39 is 17.4 Å². The Labute approximate surface area is 118 Å². The number of hydrogen-bond donors (Lipinski definition) is 2. The fourth-order valence-electron chi connectivity index (χ4n) is 1.86. The molecule has 0 unspecified atom stereocenters. The van der Waals surface area contributed by atoms with Gasteiger partial charge in [-0.2, -0.15) is 0 Å². The minimum atomic E-state index is -2.19. The van der Waals surface area contributed by atoms with E-state index in [9.17, 15) is 19.8 Å². The van der Waals surface area contributed by atoms with Crippen molar-refractivity contribution in [1.82, 2.24) is 0 Å². The van der Waals surface area contributed by atoms with Crippen molar-refractivity contribution in [2.24, 2.45) is 0 Å². The predicted octanol–water partition coefficient (Wildman–Crippen LogP) is 2.68. The summed E-state index contributed by atoms with van der Waals surface area (Å²) in [6.45, 7) is 2.05. The van der Waals surface area contributed by atoms with E-state index in [2.05, 4.69) is 18.8 Å². The van der Waals surface area contributed by atoms with Crippen LogP contribution in [0.15, 0.2) is 30.3 Å². The summed E-state index contributed by atoms with van der Waals surface area (Å²) >= 11 is 0. The zero-order valence-corrected chi connectivity index (χ0v) is 11.4. The highest BCUT2D eigenvalue weighted by Crippen LogP contribution is 2.24. The molecule has 1 aromatic rings. The molecule has 0 aliphatic carbocycles. The maximum absolute atomic E-state index is 11.5. The largest absolute Gasteiger partial charge is 0.479 e. The van der Waals surface area contributed by atoms with Gasteiger partial charge in [0.15, 0.2) is 0 Å². The topological polar surface area (TPSA) is 74.6 Å². The van der Waals surface area contributed by atoms with E-state index in [0.717, 1.165) is 19.3 Å². The van der Waals surface area contributed by atoms with Gasteiger partial charge in [-0.05, 0) is 12.0 Å². The average Bonchev–Trinajstić information content (AvgIpc) is 2.43. The lowest BCUT2D eigenvalue weighted by molar-refractivity contribution is -0.154. The summed E-state index contributed by atoms with van der Waals surface area (Å²) in [5, 5.41) is 18.7. The fourth-order valence-corrected chi connectivity index (χ4v) is 1.86. The number of benzene rings is 1. The minimum absolute atomic E-state index is 0.169. The zero-order valence-electron chi connectivity index (χ0n) is 11.4. The average molecular weight is 274 g/mol. The third-order valence-corrected chi connectivity index (χ3v) is 3.03. The smallest absolute Gasteiger partial charge is 0.338 e. The monoisotopic (exact) mass is 274 g/mol. The Bertz CT molecular complexity index is 508. The molecule has 1 rings (SSSR count). The summed E-state index contributed by atoms with van der Waals surface area (Å²) in [5.74, 6) is 2.25. The van der Waals surface area contributed by atoms with Gasteiger partial charge in [0.2, 0.25) is 5.41 Å². The Hall–Kier alpha value is -2.28. The van der Waals surface area contributed by atoms with E-state index >= 15 is 0 Å². The van der Waals surface area contributed by atoms with Gasteiger partial charge in [0.25, 0.3) is 0 Å². The first-order valence-corrected chi connectivity index (χ1v) is 6.58. The van der Waals surface area contributed by atoms with Crippen molar-refractivity contribution in [3.8, 4) is 11.8 Å². The van der Waals surface area contributed by atoms with Gasteiger partial charge in [0.05, 0.1) is 0 Å². The van der Waals surface area contributed by atoms with Crippen LogP contribution in [0.2, 0.25) is 0 Å². The van der Waals surface area contributed by atoms with E-state index in [0.29, 0.717) is 6.42 Å². The highest BCUT2D eigenvalue weighted by molar-refractivity contribution is 6.08. The van der Waals surface area contributed by atoms with Crippen molar-refractivity contribution < 1.29 is 19.8 Å². The van der Waals surface area contributed by atoms with Gasteiger partial charge >= 0.3 is 11.9 Å². The number of aliphatic carboxylic acids is 2. The Morgan fingerprint density at radius 1 is 1.10 bits per heavy atom. The van der Waals surface area contributed by atoms with Gasteiger partial charge in [-0.15, -0.1) is 5.92 Å². The Morgan fingerprint density at radius 2 is 1.70 bits per heavy atom. The Morgan fingerprint density at radius 3 is 2.20 bits per heavy atom. The van der Waals surface area contributed by atoms with E-state index in [1.807, 2.05) is 0 Å². The fraction of sp³-hybridized carbons (Fsp3) is 0.375. The summed E-state index contributed by atoms with van der Waals surface area (Å²) < 4.78 is 0. The van der Waals surface area contributed by atoms with Crippen LogP contribution >= 0.6 is 0 Å². The van der Waals surface area contributed by atoms with Crippen molar-refractivity contribution in [1.29, 1.82) is 0 Å². The summed E-state index contributed by atoms with van der Waals surface area (Å²) in [5.41, 5.74) is -2.02. The van der Waals surface area contributed by atoms with Crippen LogP contribution in [-0.4, -0.2) is 22.2 Å². The Kier molecular flexibility index (Phi) is 5.79. The van der Waals surface area contributed by atoms with Crippen molar-refractivity contribution in [3.05, 3.63) is 35.9 Å². The number of carboxylic acids is 2. The van der Waals surface area contributed by atoms with Crippen LogP contribution in [0.4, 0.5) is 0 Å². The molecule has 0 atom stereocenters. The van der Waals surface area contributed by atoms with Crippen LogP contribution in [0.25, 0.3) is 0 Å². The molecule has 0 aliphatic rings. The lowest BCUT2D eigenvalue weighted by Gasteiger charge is -2.19. The van der Waals surface area contributed by atoms with Gasteiger partial charge in [-0.25, -0.2) is 9.59 Å². The number of unbranched alkanes of at least 4 members (excludes halogenated alkanes) is 3. The maximum Gasteiger partial charge on any atom is 0.338 e. The summed E-state index contributed by atoms with van der Waals surface area (Å²) in [6, 6.07) is 7.86. The van der Waals surface area contributed by atoms with Crippen LogP contribution in [0.5, 0.6) is 0 Å². The van der Waals surface area contributed by atoms with Gasteiger partial charge in [-0.1, -0.05) is 56.0 Å². The second-order valence-electron chi connectivity index (χ2n) is 4.49. The Balaban J connectivity index is 3.14. The maximum atomic E-state index is 11.5. The van der Waals surface area contributed by atoms with Crippen molar-refractivity contribution in [3.63, 3.8) is 0 Å². The van der Waals surface area contributed by atoms with E-state index in [4.69, 9.17) is 0 Å². The second-order valence-corrected chi connectivity index (χ2v) is 4.49. The third kappa shape index (κ3) is 3.39. The molecule has 2 N–H and O–H groups in total. The van der Waals surface area contributed by atoms with Crippen LogP contribution in [0.1, 0.15) is 38.2 Å². The summed E-state index contributed by atoms with van der Waals surface area (Å²) in [4.78, 5) is 23.0. The van der Waals surface area contributed by atoms with Crippen LogP contribution < -0.4 is 0 Å². The van der Waals surface area contributed by atoms with Crippen LogP contribution in [-0.2, 0) is 15.0 Å². The number of carbonyl (C=O) groups is 2. The number of carboxylic acid groups (broad SMARTS) is 2. The molecular weight excluding hydrogens is 256 g/mol. The predicted molar refractivity (Wildman–Crippen MR) is 75.3 cm³/mol. The van der Waals surface area contributed by atoms with Crippen LogP contribution in [0, 0.1) is 11.8 Å². The first kappa shape index (κ1) is 15.8. The minimum Gasteiger partial charge on any atom is -0.479 e. The lowest BCUT2D eigenvalue weighted by Crippen LogP contribution is -2.42. The van der Waals surface area contributed by atoms with Crippen molar-refractivity contribution in [2.75, 3.05) is 0 Å². The quantitative estimate of drug-likeness (QED) is 0.475. The molecule has 4 heteroatoms. The van der Waals surface area contributed by atoms with Crippen molar-refractivity contribution >= 4 is 11.9 Å². The SMILES string of the molecule is CCCCCC#CC(C(=O)O)(C(=O)O)c1ccccc1. The van der Waals surface area contributed by atoms with Gasteiger partial charge in [0, 0.05) is 6.42 Å². The molecule has 1 aromatic carbocycles. The van der Waals surface area contributed by atoms with E-state index in [1.54, 1.807) is 18.2 Å². The molecule has 106 valence electrons. The van der Waals surface area contributed by atoms with Crippen LogP contribution in [0.3, 0.4) is 0 Å². The molecule has 0 fully saturated rings. The molecule has 0 bridgehead atoms. The zero-order chi connectivity index (χ0) is 15.0. The molecule has 0 spiro atoms. The molecule has 0 aliphatic heterocycles. The first-order chi connectivity index (χ1) is 9.55. The van der Waals surface area contributed by atoms with Gasteiger partial charge in [-0.3, -0.25) is 0 Å². The standard InChI is InChI=1S/C16H18O4/c1-2-3-4-5-9-12-16(14(17)18,15(19)20)13-10-7-6-8-11-13/h6-8,10-11H,2-5H2,1H3,(H,17,18)(H,19,20). The highest BCUT2D eigenvalue weighted by Gasteiger charge is 2.47. The van der Waals surface area contributed by atoms with E-state index in [1.165, 1.54) is 12.1 Å². The summed E-state index contributed by atoms with van der Waals surface area (Å²) in [7, 11) is 0. The molecule has 20 heavy (non-hydrogen) atoms. The lowest BCUT2D eigenvalue weighted by atomic mass is 9.81. The summed E-state index contributed by atoms with van der Waals surface area (Å²) in [6.07, 6.45) is 3.37. The normalized spacial score (nSPS) is 10.4. The molecule has 4 nitrogen and oxygen atoms in total. The molecule has 0 heterocycles. The van der Waals surface area contributed by atoms with Gasteiger partial charge in [0.1, 0.15) is 0 Å². The molecule has 0 amide bonds. The van der Waals surface area contributed by atoms with E-state index in [-0.39, 0.29) is 5.56 Å².